The third-order valence-corrected chi connectivity index (χ3v) is 4.03. The van der Waals surface area contributed by atoms with Gasteiger partial charge in [-0.15, -0.1) is 0 Å². The summed E-state index contributed by atoms with van der Waals surface area (Å²) in [4.78, 5) is 13.0. The summed E-state index contributed by atoms with van der Waals surface area (Å²) in [5.41, 5.74) is 6.79. The van der Waals surface area contributed by atoms with Crippen molar-refractivity contribution in [2.45, 2.75) is 10.1 Å². The molecule has 104 valence electrons. The molecule has 0 atom stereocenters. The molecular weight excluding hydrogens is 304 g/mol. The summed E-state index contributed by atoms with van der Waals surface area (Å²) in [6.07, 6.45) is 1.69. The van der Waals surface area contributed by atoms with E-state index in [1.54, 1.807) is 24.4 Å². The molecule has 0 radical (unpaired) electrons. The van der Waals surface area contributed by atoms with Gasteiger partial charge in [-0.2, -0.15) is 0 Å². The molecule has 0 amide bonds. The summed E-state index contributed by atoms with van der Waals surface area (Å²) in [5.74, 6) is 1.00. The number of aromatic nitrogens is 3. The lowest BCUT2D eigenvalue weighted by molar-refractivity contribution is 1.05. The average molecular weight is 315 g/mol. The van der Waals surface area contributed by atoms with E-state index in [-0.39, 0.29) is 0 Å². The van der Waals surface area contributed by atoms with Gasteiger partial charge in [-0.3, -0.25) is 0 Å². The molecule has 2 heterocycles. The number of hydrogen-bond acceptors (Lipinski definition) is 5. The Balaban J connectivity index is 1.97. The van der Waals surface area contributed by atoms with Gasteiger partial charge >= 0.3 is 0 Å². The van der Waals surface area contributed by atoms with E-state index in [1.807, 2.05) is 30.3 Å². The number of nitrogens with zero attached hydrogens (tertiary/aromatic N) is 3. The van der Waals surface area contributed by atoms with Crippen LogP contribution in [0.5, 0.6) is 0 Å². The van der Waals surface area contributed by atoms with Gasteiger partial charge in [-0.25, -0.2) is 15.0 Å². The lowest BCUT2D eigenvalue weighted by Gasteiger charge is -2.06. The summed E-state index contributed by atoms with van der Waals surface area (Å²) in [6.45, 7) is 0. The molecule has 0 aliphatic carbocycles. The van der Waals surface area contributed by atoms with Crippen molar-refractivity contribution in [3.8, 4) is 11.4 Å². The van der Waals surface area contributed by atoms with Crippen LogP contribution in [0.2, 0.25) is 5.02 Å². The van der Waals surface area contributed by atoms with Crippen molar-refractivity contribution in [1.29, 1.82) is 0 Å². The predicted molar refractivity (Wildman–Crippen MR) is 85.3 cm³/mol. The van der Waals surface area contributed by atoms with Crippen molar-refractivity contribution >= 4 is 29.2 Å². The van der Waals surface area contributed by atoms with Crippen molar-refractivity contribution in [2.24, 2.45) is 0 Å². The van der Waals surface area contributed by atoms with E-state index in [0.29, 0.717) is 26.7 Å². The van der Waals surface area contributed by atoms with Crippen molar-refractivity contribution in [3.63, 3.8) is 0 Å². The van der Waals surface area contributed by atoms with Crippen LogP contribution in [0.15, 0.2) is 64.8 Å². The summed E-state index contributed by atoms with van der Waals surface area (Å²) in [6, 6.07) is 15.0. The fraction of sp³-hybridized carbons (Fsp3) is 0. The van der Waals surface area contributed by atoms with Crippen molar-refractivity contribution in [2.75, 3.05) is 5.73 Å². The quantitative estimate of drug-likeness (QED) is 0.742. The van der Waals surface area contributed by atoms with E-state index in [1.165, 1.54) is 11.8 Å². The molecule has 0 aliphatic rings. The second-order valence-corrected chi connectivity index (χ2v) is 5.63. The molecule has 0 fully saturated rings. The van der Waals surface area contributed by atoms with Crippen LogP contribution in [-0.2, 0) is 0 Å². The van der Waals surface area contributed by atoms with Gasteiger partial charge in [0, 0.05) is 17.8 Å². The minimum absolute atomic E-state index is 0.415. The Bertz CT molecular complexity index is 765. The van der Waals surface area contributed by atoms with Crippen molar-refractivity contribution in [3.05, 3.63) is 59.8 Å². The highest BCUT2D eigenvalue weighted by Crippen LogP contribution is 2.31. The molecule has 2 aromatic heterocycles. The highest BCUT2D eigenvalue weighted by atomic mass is 35.5. The van der Waals surface area contributed by atoms with Gasteiger partial charge in [0.1, 0.15) is 15.9 Å². The number of pyridine rings is 1. The molecule has 3 rings (SSSR count). The van der Waals surface area contributed by atoms with Gasteiger partial charge in [-0.05, 0) is 23.9 Å². The largest absolute Gasteiger partial charge is 0.384 e. The van der Waals surface area contributed by atoms with Crippen LogP contribution in [0.3, 0.4) is 0 Å². The van der Waals surface area contributed by atoms with Gasteiger partial charge in [0.2, 0.25) is 0 Å². The maximum atomic E-state index is 6.11. The van der Waals surface area contributed by atoms with Crippen LogP contribution in [-0.4, -0.2) is 15.0 Å². The van der Waals surface area contributed by atoms with Gasteiger partial charge in [0.05, 0.1) is 5.02 Å². The molecule has 0 bridgehead atoms. The monoisotopic (exact) mass is 314 g/mol. The Hall–Kier alpha value is -2.11. The number of rotatable bonds is 3. The number of nitrogens with two attached hydrogens (primary N) is 1. The zero-order valence-electron chi connectivity index (χ0n) is 10.9. The van der Waals surface area contributed by atoms with Crippen LogP contribution in [0.4, 0.5) is 5.82 Å². The normalized spacial score (nSPS) is 10.5. The third-order valence-electron chi connectivity index (χ3n) is 2.68. The summed E-state index contributed by atoms with van der Waals surface area (Å²) >= 11 is 7.48. The standard InChI is InChI=1S/C15H11ClN4S/c16-11-7-4-8-18-15(11)21-13-9-12(17)19-14(20-13)10-5-2-1-3-6-10/h1-9H,(H2,17,19,20). The minimum Gasteiger partial charge on any atom is -0.384 e. The lowest BCUT2D eigenvalue weighted by Crippen LogP contribution is -1.97. The fourth-order valence-electron chi connectivity index (χ4n) is 1.76. The molecule has 0 aliphatic heterocycles. The van der Waals surface area contributed by atoms with Crippen molar-refractivity contribution < 1.29 is 0 Å². The smallest absolute Gasteiger partial charge is 0.162 e. The van der Waals surface area contributed by atoms with Gasteiger partial charge in [-0.1, -0.05) is 41.9 Å². The van der Waals surface area contributed by atoms with Gasteiger partial charge < -0.3 is 5.73 Å². The van der Waals surface area contributed by atoms with Crippen LogP contribution in [0.25, 0.3) is 11.4 Å². The molecular formula is C15H11ClN4S. The Morgan fingerprint density at radius 1 is 1.00 bits per heavy atom. The highest BCUT2D eigenvalue weighted by molar-refractivity contribution is 7.99. The first-order valence-electron chi connectivity index (χ1n) is 6.21. The molecule has 0 saturated heterocycles. The molecule has 2 N–H and O–H groups in total. The maximum Gasteiger partial charge on any atom is 0.162 e. The number of halogens is 1. The van der Waals surface area contributed by atoms with Crippen LogP contribution >= 0.6 is 23.4 Å². The minimum atomic E-state index is 0.415. The molecule has 4 nitrogen and oxygen atoms in total. The van der Waals surface area contributed by atoms with Crippen LogP contribution in [0, 0.1) is 0 Å². The SMILES string of the molecule is Nc1cc(Sc2ncccc2Cl)nc(-c2ccccc2)n1. The first kappa shape index (κ1) is 13.9. The van der Waals surface area contributed by atoms with E-state index < -0.39 is 0 Å². The van der Waals surface area contributed by atoms with Crippen molar-refractivity contribution in [1.82, 2.24) is 15.0 Å². The average Bonchev–Trinajstić information content (AvgIpc) is 2.50. The van der Waals surface area contributed by atoms with Gasteiger partial charge in [0.15, 0.2) is 5.82 Å². The molecule has 1 aromatic carbocycles. The van der Waals surface area contributed by atoms with Crippen LogP contribution < -0.4 is 5.73 Å². The molecule has 0 unspecified atom stereocenters. The fourth-order valence-corrected chi connectivity index (χ4v) is 2.78. The van der Waals surface area contributed by atoms with E-state index in [4.69, 9.17) is 17.3 Å². The summed E-state index contributed by atoms with van der Waals surface area (Å²) < 4.78 is 0. The lowest BCUT2D eigenvalue weighted by atomic mass is 10.2. The summed E-state index contributed by atoms with van der Waals surface area (Å²) in [5, 5.41) is 1.99. The molecule has 3 aromatic rings. The second-order valence-electron chi connectivity index (χ2n) is 4.21. The number of hydrogen-bond donors (Lipinski definition) is 1. The number of anilines is 1. The highest BCUT2D eigenvalue weighted by Gasteiger charge is 2.09. The number of nitrogen functional groups attached to an aromatic ring is 1. The molecule has 0 spiro atoms. The molecule has 6 heteroatoms. The Morgan fingerprint density at radius 3 is 2.57 bits per heavy atom. The first-order chi connectivity index (χ1) is 10.2. The Kier molecular flexibility index (Phi) is 4.03. The summed E-state index contributed by atoms with van der Waals surface area (Å²) in [7, 11) is 0. The van der Waals surface area contributed by atoms with Crippen LogP contribution in [0.1, 0.15) is 0 Å². The van der Waals surface area contributed by atoms with Gasteiger partial charge in [0.25, 0.3) is 0 Å². The second kappa shape index (κ2) is 6.11. The third kappa shape index (κ3) is 3.32. The van der Waals surface area contributed by atoms with E-state index in [9.17, 15) is 0 Å². The maximum absolute atomic E-state index is 6.11. The van der Waals surface area contributed by atoms with E-state index >= 15 is 0 Å². The Labute approximate surface area is 131 Å². The predicted octanol–water partition coefficient (Wildman–Crippen LogP) is 3.93. The van der Waals surface area contributed by atoms with E-state index in [0.717, 1.165) is 5.56 Å². The Morgan fingerprint density at radius 2 is 1.81 bits per heavy atom. The van der Waals surface area contributed by atoms with E-state index in [2.05, 4.69) is 15.0 Å². The number of benzene rings is 1. The first-order valence-corrected chi connectivity index (χ1v) is 7.40. The zero-order chi connectivity index (χ0) is 14.7. The zero-order valence-corrected chi connectivity index (χ0v) is 12.5. The molecule has 0 saturated carbocycles. The topological polar surface area (TPSA) is 64.7 Å². The molecule has 21 heavy (non-hydrogen) atoms.